The van der Waals surface area contributed by atoms with Crippen LogP contribution in [0.5, 0.6) is 0 Å². The summed E-state index contributed by atoms with van der Waals surface area (Å²) in [7, 11) is 0. The molecule has 0 amide bonds. The number of rotatable bonds is 5. The highest BCUT2D eigenvalue weighted by Gasteiger charge is 2.09. The molecule has 4 nitrogen and oxygen atoms in total. The van der Waals surface area contributed by atoms with Crippen LogP contribution in [-0.2, 0) is 6.54 Å². The van der Waals surface area contributed by atoms with Crippen LogP contribution in [0.1, 0.15) is 12.5 Å². The topological polar surface area (TPSA) is 42.7 Å². The van der Waals surface area contributed by atoms with Crippen molar-refractivity contribution in [1.29, 1.82) is 0 Å². The van der Waals surface area contributed by atoms with Crippen molar-refractivity contribution in [2.24, 2.45) is 0 Å². The molecule has 0 bridgehead atoms. The Bertz CT molecular complexity index is 673. The average molecular weight is 284 g/mol. The van der Waals surface area contributed by atoms with Crippen molar-refractivity contribution in [2.75, 3.05) is 11.9 Å². The molecule has 0 fully saturated rings. The van der Waals surface area contributed by atoms with Gasteiger partial charge in [0.05, 0.1) is 11.4 Å². The van der Waals surface area contributed by atoms with E-state index in [9.17, 15) is 0 Å². The van der Waals surface area contributed by atoms with Crippen LogP contribution in [0.25, 0.3) is 10.7 Å². The molecule has 20 heavy (non-hydrogen) atoms. The Labute approximate surface area is 122 Å². The predicted octanol–water partition coefficient (Wildman–Crippen LogP) is 3.49. The summed E-state index contributed by atoms with van der Waals surface area (Å²) < 4.78 is 2.16. The molecule has 0 aliphatic rings. The van der Waals surface area contributed by atoms with Gasteiger partial charge in [-0.05, 0) is 24.4 Å². The first-order valence-electron chi connectivity index (χ1n) is 6.61. The lowest BCUT2D eigenvalue weighted by molar-refractivity contribution is 0.805. The number of aromatic nitrogens is 3. The highest BCUT2D eigenvalue weighted by Crippen LogP contribution is 2.24. The fourth-order valence-corrected chi connectivity index (χ4v) is 2.88. The maximum atomic E-state index is 4.46. The largest absolute Gasteiger partial charge is 0.370 e. The zero-order valence-electron chi connectivity index (χ0n) is 11.3. The molecule has 3 heterocycles. The third kappa shape index (κ3) is 2.58. The first-order chi connectivity index (χ1) is 9.88. The summed E-state index contributed by atoms with van der Waals surface area (Å²) in [5.41, 5.74) is 1.17. The van der Waals surface area contributed by atoms with Gasteiger partial charge in [0.15, 0.2) is 0 Å². The first-order valence-corrected chi connectivity index (χ1v) is 7.49. The molecule has 5 heteroatoms. The molecule has 0 aliphatic carbocycles. The molecule has 0 unspecified atom stereocenters. The molecule has 3 aromatic rings. The van der Waals surface area contributed by atoms with Crippen molar-refractivity contribution in [3.05, 3.63) is 53.8 Å². The summed E-state index contributed by atoms with van der Waals surface area (Å²) in [6.45, 7) is 3.71. The SMILES string of the molecule is CCNc1ncccc1Cn1ccnc1-c1cccs1. The minimum absolute atomic E-state index is 0.767. The highest BCUT2D eigenvalue weighted by atomic mass is 32.1. The number of pyridine rings is 1. The Morgan fingerprint density at radius 3 is 2.95 bits per heavy atom. The summed E-state index contributed by atoms with van der Waals surface area (Å²) in [5, 5.41) is 5.37. The van der Waals surface area contributed by atoms with E-state index < -0.39 is 0 Å². The molecule has 0 radical (unpaired) electrons. The number of hydrogen-bond donors (Lipinski definition) is 1. The molecule has 0 atom stereocenters. The fourth-order valence-electron chi connectivity index (χ4n) is 2.14. The van der Waals surface area contributed by atoms with Gasteiger partial charge < -0.3 is 9.88 Å². The summed E-state index contributed by atoms with van der Waals surface area (Å²) in [6, 6.07) is 8.21. The van der Waals surface area contributed by atoms with Gasteiger partial charge in [0.25, 0.3) is 0 Å². The van der Waals surface area contributed by atoms with Crippen LogP contribution in [0, 0.1) is 0 Å². The van der Waals surface area contributed by atoms with E-state index in [1.54, 1.807) is 11.3 Å². The summed E-state index contributed by atoms with van der Waals surface area (Å²) in [6.07, 6.45) is 5.67. The van der Waals surface area contributed by atoms with Crippen molar-refractivity contribution in [2.45, 2.75) is 13.5 Å². The van der Waals surface area contributed by atoms with Crippen LogP contribution >= 0.6 is 11.3 Å². The van der Waals surface area contributed by atoms with Crippen LogP contribution in [0.4, 0.5) is 5.82 Å². The highest BCUT2D eigenvalue weighted by molar-refractivity contribution is 7.13. The molecule has 0 aromatic carbocycles. The van der Waals surface area contributed by atoms with E-state index in [4.69, 9.17) is 0 Å². The number of anilines is 1. The van der Waals surface area contributed by atoms with E-state index in [-0.39, 0.29) is 0 Å². The third-order valence-electron chi connectivity index (χ3n) is 3.03. The Hall–Kier alpha value is -2.14. The molecule has 3 aromatic heterocycles. The number of nitrogens with one attached hydrogen (secondary N) is 1. The minimum Gasteiger partial charge on any atom is -0.370 e. The Balaban J connectivity index is 1.91. The summed E-state index contributed by atoms with van der Waals surface area (Å²) in [5.74, 6) is 1.95. The second-order valence-corrected chi connectivity index (χ2v) is 5.35. The Morgan fingerprint density at radius 2 is 2.15 bits per heavy atom. The molecule has 102 valence electrons. The number of thiophene rings is 1. The van der Waals surface area contributed by atoms with Crippen molar-refractivity contribution >= 4 is 17.2 Å². The summed E-state index contributed by atoms with van der Waals surface area (Å²) in [4.78, 5) is 10.0. The molecular weight excluding hydrogens is 268 g/mol. The van der Waals surface area contributed by atoms with Crippen molar-refractivity contribution < 1.29 is 0 Å². The van der Waals surface area contributed by atoms with Gasteiger partial charge in [-0.3, -0.25) is 0 Å². The molecule has 0 aliphatic heterocycles. The van der Waals surface area contributed by atoms with Gasteiger partial charge in [-0.25, -0.2) is 9.97 Å². The van der Waals surface area contributed by atoms with Crippen LogP contribution in [0.3, 0.4) is 0 Å². The van der Waals surface area contributed by atoms with Gasteiger partial charge in [-0.15, -0.1) is 11.3 Å². The molecule has 3 rings (SSSR count). The second kappa shape index (κ2) is 5.88. The number of hydrogen-bond acceptors (Lipinski definition) is 4. The zero-order chi connectivity index (χ0) is 13.8. The van der Waals surface area contributed by atoms with Crippen LogP contribution < -0.4 is 5.32 Å². The quantitative estimate of drug-likeness (QED) is 0.780. The van der Waals surface area contributed by atoms with Crippen LogP contribution in [0.15, 0.2) is 48.2 Å². The van der Waals surface area contributed by atoms with Gasteiger partial charge in [-0.2, -0.15) is 0 Å². The minimum atomic E-state index is 0.767. The lowest BCUT2D eigenvalue weighted by Crippen LogP contribution is -2.07. The average Bonchev–Trinajstić information content (AvgIpc) is 3.11. The second-order valence-electron chi connectivity index (χ2n) is 4.40. The zero-order valence-corrected chi connectivity index (χ0v) is 12.1. The smallest absolute Gasteiger partial charge is 0.150 e. The Morgan fingerprint density at radius 1 is 1.20 bits per heavy atom. The van der Waals surface area contributed by atoms with E-state index in [1.807, 2.05) is 30.7 Å². The normalized spacial score (nSPS) is 10.7. The van der Waals surface area contributed by atoms with E-state index in [1.165, 1.54) is 10.4 Å². The van der Waals surface area contributed by atoms with Crippen molar-refractivity contribution in [3.8, 4) is 10.7 Å². The number of imidazole rings is 1. The fraction of sp³-hybridized carbons (Fsp3) is 0.200. The number of nitrogens with zero attached hydrogens (tertiary/aromatic N) is 3. The lowest BCUT2D eigenvalue weighted by atomic mass is 10.2. The first kappa shape index (κ1) is 12.9. The van der Waals surface area contributed by atoms with Crippen molar-refractivity contribution in [1.82, 2.24) is 14.5 Å². The van der Waals surface area contributed by atoms with Gasteiger partial charge >= 0.3 is 0 Å². The van der Waals surface area contributed by atoms with Gasteiger partial charge in [-0.1, -0.05) is 12.1 Å². The monoisotopic (exact) mass is 284 g/mol. The van der Waals surface area contributed by atoms with Crippen LogP contribution in [-0.4, -0.2) is 21.1 Å². The molecule has 1 N–H and O–H groups in total. The van der Waals surface area contributed by atoms with E-state index >= 15 is 0 Å². The van der Waals surface area contributed by atoms with Gasteiger partial charge in [0, 0.05) is 30.7 Å². The van der Waals surface area contributed by atoms with Gasteiger partial charge in [0.1, 0.15) is 11.6 Å². The van der Waals surface area contributed by atoms with Gasteiger partial charge in [0.2, 0.25) is 0 Å². The third-order valence-corrected chi connectivity index (χ3v) is 3.90. The van der Waals surface area contributed by atoms with E-state index in [2.05, 4.69) is 44.3 Å². The predicted molar refractivity (Wildman–Crippen MR) is 83.0 cm³/mol. The van der Waals surface area contributed by atoms with E-state index in [0.29, 0.717) is 0 Å². The maximum Gasteiger partial charge on any atom is 0.150 e. The van der Waals surface area contributed by atoms with Crippen LogP contribution in [0.2, 0.25) is 0 Å². The molecule has 0 saturated heterocycles. The summed E-state index contributed by atoms with van der Waals surface area (Å²) >= 11 is 1.71. The van der Waals surface area contributed by atoms with Crippen molar-refractivity contribution in [3.63, 3.8) is 0 Å². The molecule has 0 spiro atoms. The van der Waals surface area contributed by atoms with E-state index in [0.717, 1.165) is 24.7 Å². The molecular formula is C15H16N4S. The Kier molecular flexibility index (Phi) is 3.78. The standard InChI is InChI=1S/C15H16N4S/c1-2-16-14-12(5-3-7-17-14)11-19-9-8-18-15(19)13-6-4-10-20-13/h3-10H,2,11H2,1H3,(H,16,17). The molecule has 0 saturated carbocycles. The maximum absolute atomic E-state index is 4.46. The lowest BCUT2D eigenvalue weighted by Gasteiger charge is -2.11.